The number of hydrogen-bond donors (Lipinski definition) is 1. The first kappa shape index (κ1) is 33.8. The van der Waals surface area contributed by atoms with Crippen LogP contribution in [-0.2, 0) is 21.1 Å². The summed E-state index contributed by atoms with van der Waals surface area (Å²) in [6, 6.07) is 44.3. The molecule has 0 fully saturated rings. The van der Waals surface area contributed by atoms with Gasteiger partial charge in [-0.1, -0.05) is 88.4 Å². The average Bonchev–Trinajstić information content (AvgIpc) is 3.12. The van der Waals surface area contributed by atoms with Gasteiger partial charge in [0.15, 0.2) is 0 Å². The van der Waals surface area contributed by atoms with Crippen LogP contribution in [0.5, 0.6) is 5.75 Å². The Bertz CT molecular complexity index is 2200. The summed E-state index contributed by atoms with van der Waals surface area (Å²) in [6.45, 7) is 8.82. The molecule has 0 aliphatic carbocycles. The Kier molecular flexibility index (Phi) is 10.0. The second-order valence-electron chi connectivity index (χ2n) is 12.6. The van der Waals surface area contributed by atoms with Crippen molar-refractivity contribution in [1.29, 1.82) is 0 Å². The van der Waals surface area contributed by atoms with E-state index >= 15 is 0 Å². The predicted octanol–water partition coefficient (Wildman–Crippen LogP) is 11.2. The number of benzene rings is 5. The van der Waals surface area contributed by atoms with Gasteiger partial charge < -0.3 is 10.0 Å². The van der Waals surface area contributed by atoms with Gasteiger partial charge >= 0.3 is 0 Å². The van der Waals surface area contributed by atoms with Gasteiger partial charge in [0.2, 0.25) is 0 Å². The predicted molar refractivity (Wildman–Crippen MR) is 197 cm³/mol. The fourth-order valence-corrected chi connectivity index (χ4v) is 6.07. The summed E-state index contributed by atoms with van der Waals surface area (Å²) in [5.41, 5.74) is 8.71. The van der Waals surface area contributed by atoms with E-state index in [-0.39, 0.29) is 26.8 Å². The summed E-state index contributed by atoms with van der Waals surface area (Å²) >= 11 is 0. The van der Waals surface area contributed by atoms with E-state index in [1.165, 1.54) is 11.1 Å². The number of phenols is 1. The van der Waals surface area contributed by atoms with Gasteiger partial charge in [-0.2, -0.15) is 0 Å². The Balaban J connectivity index is 0.00000417. The van der Waals surface area contributed by atoms with Gasteiger partial charge in [-0.3, -0.25) is 9.97 Å². The van der Waals surface area contributed by atoms with Gasteiger partial charge in [0, 0.05) is 55.7 Å². The Morgan fingerprint density at radius 3 is 2.10 bits per heavy atom. The monoisotopic (exact) mass is 820 g/mol. The van der Waals surface area contributed by atoms with Crippen LogP contribution in [0.25, 0.3) is 44.5 Å². The number of fused-ring (bicyclic) bond motifs is 1. The maximum atomic E-state index is 11.0. The van der Waals surface area contributed by atoms with Crippen molar-refractivity contribution in [2.24, 2.45) is 0 Å². The van der Waals surface area contributed by atoms with E-state index in [2.05, 4.69) is 99.3 Å². The molecule has 2 heterocycles. The van der Waals surface area contributed by atoms with Crippen LogP contribution in [-0.4, -0.2) is 20.1 Å². The Labute approximate surface area is 302 Å². The molecule has 0 atom stereocenters. The average molecular weight is 821 g/mol. The molecule has 7 rings (SSSR count). The fraction of sp³-hybridized carbons (Fsp3) is 0.140. The van der Waals surface area contributed by atoms with E-state index in [0.717, 1.165) is 44.8 Å². The third-order valence-electron chi connectivity index (χ3n) is 8.70. The molecule has 7 aromatic rings. The first-order valence-electron chi connectivity index (χ1n) is 16.4. The Morgan fingerprint density at radius 2 is 1.37 bits per heavy atom. The van der Waals surface area contributed by atoms with Crippen molar-refractivity contribution in [1.82, 2.24) is 15.0 Å². The number of aromatic hydroxyl groups is 1. The zero-order chi connectivity index (χ0) is 33.2. The van der Waals surface area contributed by atoms with E-state index < -0.39 is 0 Å². The number of nitrogens with zero attached hydrogens (tertiary/aromatic N) is 4. The largest absolute Gasteiger partial charge is 0.507 e. The minimum Gasteiger partial charge on any atom is -0.507 e. The van der Waals surface area contributed by atoms with Crippen molar-refractivity contribution >= 4 is 28.0 Å². The molecule has 5 aromatic carbocycles. The molecule has 246 valence electrons. The van der Waals surface area contributed by atoms with Crippen LogP contribution in [0.4, 0.5) is 17.2 Å². The molecule has 1 N–H and O–H groups in total. The van der Waals surface area contributed by atoms with Crippen molar-refractivity contribution in [2.45, 2.75) is 39.5 Å². The molecule has 0 spiro atoms. The topological polar surface area (TPSA) is 62.1 Å². The molecule has 0 aliphatic heterocycles. The van der Waals surface area contributed by atoms with Gasteiger partial charge in [-0.05, 0) is 76.5 Å². The van der Waals surface area contributed by atoms with E-state index in [0.29, 0.717) is 28.8 Å². The standard InChI is InChI=1S/C43H37N4O.Pt/c1-28(2)32-23-33(29(3)4)25-34(24-32)42-43(37-18-7-8-20-40(37)48)46-38(27-45-42)31-15-11-16-35(26-31)47(41-21-9-10-22-44-41)39-19-12-14-30-13-5-6-17-36(30)39;/h5-25,27-29,48H,1-4H3;/q-1;. The molecule has 0 amide bonds. The molecule has 6 heteroatoms. The molecule has 0 aliphatic rings. The minimum atomic E-state index is 0. The Hall–Kier alpha value is -5.12. The van der Waals surface area contributed by atoms with Gasteiger partial charge in [-0.15, -0.1) is 29.8 Å². The number of aromatic nitrogens is 3. The van der Waals surface area contributed by atoms with Crippen molar-refractivity contribution in [3.8, 4) is 39.5 Å². The van der Waals surface area contributed by atoms with Crippen LogP contribution in [0, 0.1) is 6.07 Å². The number of hydrogen-bond acceptors (Lipinski definition) is 5. The van der Waals surface area contributed by atoms with Gasteiger partial charge in [0.1, 0.15) is 11.6 Å². The van der Waals surface area contributed by atoms with Crippen LogP contribution < -0.4 is 4.90 Å². The summed E-state index contributed by atoms with van der Waals surface area (Å²) in [4.78, 5) is 17.1. The molecular formula is C43H37N4OPt-. The number of pyridine rings is 1. The van der Waals surface area contributed by atoms with Crippen molar-refractivity contribution in [3.63, 3.8) is 0 Å². The molecule has 5 nitrogen and oxygen atoms in total. The molecule has 0 saturated heterocycles. The van der Waals surface area contributed by atoms with Crippen LogP contribution in [0.3, 0.4) is 0 Å². The Morgan fingerprint density at radius 1 is 0.673 bits per heavy atom. The summed E-state index contributed by atoms with van der Waals surface area (Å²) in [7, 11) is 0. The molecule has 49 heavy (non-hydrogen) atoms. The second kappa shape index (κ2) is 14.6. The SMILES string of the molecule is CC(C)c1cc(-c2ncc(-c3[c-]c(N(c4ccccn4)c4cccc5ccccc45)ccc3)nc2-c2ccccc2O)cc(C(C)C)c1.[Pt]. The second-order valence-corrected chi connectivity index (χ2v) is 12.6. The van der Waals surface area contributed by atoms with E-state index in [1.54, 1.807) is 12.3 Å². The number of para-hydroxylation sites is 1. The summed E-state index contributed by atoms with van der Waals surface area (Å²) in [5.74, 6) is 1.64. The fourth-order valence-electron chi connectivity index (χ4n) is 6.07. The smallest absolute Gasteiger partial charge is 0.136 e. The number of rotatable bonds is 8. The quantitative estimate of drug-likeness (QED) is 0.155. The zero-order valence-corrected chi connectivity index (χ0v) is 30.2. The molecule has 0 bridgehead atoms. The number of phenolic OH excluding ortho intramolecular Hbond substituents is 1. The minimum absolute atomic E-state index is 0. The maximum Gasteiger partial charge on any atom is 0.136 e. The van der Waals surface area contributed by atoms with Crippen molar-refractivity contribution in [2.75, 3.05) is 4.90 Å². The first-order valence-corrected chi connectivity index (χ1v) is 16.4. The van der Waals surface area contributed by atoms with Crippen LogP contribution in [0.15, 0.2) is 134 Å². The molecule has 0 saturated carbocycles. The molecule has 0 radical (unpaired) electrons. The van der Waals surface area contributed by atoms with E-state index in [4.69, 9.17) is 15.0 Å². The van der Waals surface area contributed by atoms with E-state index in [1.807, 2.05) is 60.8 Å². The third kappa shape index (κ3) is 6.90. The molecular weight excluding hydrogens is 784 g/mol. The third-order valence-corrected chi connectivity index (χ3v) is 8.70. The van der Waals surface area contributed by atoms with Crippen LogP contribution >= 0.6 is 0 Å². The summed E-state index contributed by atoms with van der Waals surface area (Å²) in [6.07, 6.45) is 3.62. The molecule has 0 unspecified atom stereocenters. The van der Waals surface area contributed by atoms with Gasteiger partial charge in [0.05, 0.1) is 17.1 Å². The summed E-state index contributed by atoms with van der Waals surface area (Å²) in [5, 5.41) is 13.3. The van der Waals surface area contributed by atoms with Crippen LogP contribution in [0.1, 0.15) is 50.7 Å². The maximum absolute atomic E-state index is 11.0. The first-order chi connectivity index (χ1) is 23.4. The summed E-state index contributed by atoms with van der Waals surface area (Å²) < 4.78 is 0. The van der Waals surface area contributed by atoms with Gasteiger partial charge in [-0.25, -0.2) is 4.98 Å². The van der Waals surface area contributed by atoms with Crippen molar-refractivity contribution in [3.05, 3.63) is 151 Å². The van der Waals surface area contributed by atoms with Gasteiger partial charge in [0.25, 0.3) is 0 Å². The van der Waals surface area contributed by atoms with Crippen LogP contribution in [0.2, 0.25) is 0 Å². The normalized spacial score (nSPS) is 11.1. The van der Waals surface area contributed by atoms with E-state index in [9.17, 15) is 5.11 Å². The van der Waals surface area contributed by atoms with Crippen molar-refractivity contribution < 1.29 is 26.2 Å². The number of anilines is 3. The zero-order valence-electron chi connectivity index (χ0n) is 27.9. The molecule has 2 aromatic heterocycles.